The van der Waals surface area contributed by atoms with Crippen LogP contribution in [0.2, 0.25) is 0 Å². The van der Waals surface area contributed by atoms with Gasteiger partial charge in [0.2, 0.25) is 5.91 Å². The van der Waals surface area contributed by atoms with Crippen LogP contribution in [-0.2, 0) is 14.9 Å². The Morgan fingerprint density at radius 3 is 2.00 bits per heavy atom. The zero-order valence-electron chi connectivity index (χ0n) is 20.2. The molecule has 0 bridgehead atoms. The van der Waals surface area contributed by atoms with E-state index in [0.29, 0.717) is 0 Å². The maximum atomic E-state index is 13.1. The van der Waals surface area contributed by atoms with E-state index in [1.165, 1.54) is 11.1 Å². The third-order valence-electron chi connectivity index (χ3n) is 7.36. The van der Waals surface area contributed by atoms with Gasteiger partial charge in [-0.2, -0.15) is 0 Å². The fraction of sp³-hybridized carbons (Fsp3) is 0.367. The minimum absolute atomic E-state index is 0.0418. The molecule has 5 rings (SSSR count). The van der Waals surface area contributed by atoms with Gasteiger partial charge in [0.15, 0.2) is 0 Å². The Morgan fingerprint density at radius 1 is 0.824 bits per heavy atom. The number of ether oxygens (including phenoxy) is 1. The number of para-hydroxylation sites is 1. The van der Waals surface area contributed by atoms with Gasteiger partial charge in [-0.25, -0.2) is 0 Å². The quantitative estimate of drug-likeness (QED) is 0.467. The molecule has 0 saturated carbocycles. The lowest BCUT2D eigenvalue weighted by atomic mass is 9.86. The van der Waals surface area contributed by atoms with E-state index in [4.69, 9.17) is 4.74 Å². The number of hydrogen-bond acceptors (Lipinski definition) is 3. The molecule has 34 heavy (non-hydrogen) atoms. The molecular formula is C30H34N2O2. The molecule has 0 spiro atoms. The second kappa shape index (κ2) is 9.73. The van der Waals surface area contributed by atoms with Crippen LogP contribution in [0.15, 0.2) is 84.9 Å². The van der Waals surface area contributed by atoms with Crippen molar-refractivity contribution in [2.45, 2.75) is 44.3 Å². The zero-order valence-corrected chi connectivity index (χ0v) is 20.2. The number of fused-ring (bicyclic) bond motifs is 1. The van der Waals surface area contributed by atoms with Crippen LogP contribution < -0.4 is 4.90 Å². The van der Waals surface area contributed by atoms with E-state index in [9.17, 15) is 4.79 Å². The third-order valence-corrected chi connectivity index (χ3v) is 7.36. The second-order valence-corrected chi connectivity index (χ2v) is 9.98. The molecular weight excluding hydrogens is 420 g/mol. The van der Waals surface area contributed by atoms with Crippen molar-refractivity contribution in [2.24, 2.45) is 0 Å². The summed E-state index contributed by atoms with van der Waals surface area (Å²) in [5, 5.41) is 0. The van der Waals surface area contributed by atoms with E-state index in [1.54, 1.807) is 0 Å². The highest BCUT2D eigenvalue weighted by molar-refractivity contribution is 6.07. The van der Waals surface area contributed by atoms with Crippen molar-refractivity contribution in [3.05, 3.63) is 102 Å². The molecule has 1 saturated heterocycles. The molecule has 4 heteroatoms. The number of anilines is 1. The van der Waals surface area contributed by atoms with Crippen LogP contribution in [0.25, 0.3) is 0 Å². The molecule has 1 amide bonds. The number of hydrogen-bond donors (Lipinski definition) is 0. The van der Waals surface area contributed by atoms with Gasteiger partial charge in [-0.15, -0.1) is 0 Å². The Balaban J connectivity index is 1.19. The molecule has 4 nitrogen and oxygen atoms in total. The monoisotopic (exact) mass is 454 g/mol. The summed E-state index contributed by atoms with van der Waals surface area (Å²) >= 11 is 0. The van der Waals surface area contributed by atoms with Gasteiger partial charge in [0.05, 0.1) is 11.5 Å². The van der Waals surface area contributed by atoms with E-state index in [2.05, 4.69) is 77.7 Å². The number of carbonyl (C=O) groups excluding carboxylic acids is 1. The number of amides is 1. The molecule has 2 heterocycles. The molecule has 3 aromatic carbocycles. The average Bonchev–Trinajstić information content (AvgIpc) is 3.08. The van der Waals surface area contributed by atoms with Crippen LogP contribution in [-0.4, -0.2) is 43.1 Å². The zero-order chi connectivity index (χ0) is 23.5. The Hall–Kier alpha value is -2.95. The number of nitrogens with zero attached hydrogens (tertiary/aromatic N) is 2. The fourth-order valence-electron chi connectivity index (χ4n) is 5.33. The highest BCUT2D eigenvalue weighted by Crippen LogP contribution is 2.41. The van der Waals surface area contributed by atoms with Crippen molar-refractivity contribution in [3.63, 3.8) is 0 Å². The first-order chi connectivity index (χ1) is 16.5. The minimum Gasteiger partial charge on any atom is -0.365 e. The number of carbonyl (C=O) groups is 1. The summed E-state index contributed by atoms with van der Waals surface area (Å²) in [6.45, 7) is 7.69. The van der Waals surface area contributed by atoms with Crippen LogP contribution in [0.3, 0.4) is 0 Å². The highest BCUT2D eigenvalue weighted by Gasteiger charge is 2.43. The molecule has 0 radical (unpaired) electrons. The van der Waals surface area contributed by atoms with Gasteiger partial charge >= 0.3 is 0 Å². The third kappa shape index (κ3) is 4.53. The Labute approximate surface area is 203 Å². The van der Waals surface area contributed by atoms with Crippen molar-refractivity contribution in [1.82, 2.24) is 4.90 Å². The molecule has 2 aliphatic heterocycles. The van der Waals surface area contributed by atoms with E-state index in [1.807, 2.05) is 30.9 Å². The molecule has 0 unspecified atom stereocenters. The van der Waals surface area contributed by atoms with Crippen molar-refractivity contribution in [1.29, 1.82) is 0 Å². The predicted octanol–water partition coefficient (Wildman–Crippen LogP) is 5.58. The van der Waals surface area contributed by atoms with Gasteiger partial charge in [-0.05, 0) is 49.4 Å². The Bertz CT molecular complexity index is 1070. The van der Waals surface area contributed by atoms with E-state index >= 15 is 0 Å². The number of likely N-dealkylation sites (tertiary alicyclic amines) is 1. The summed E-state index contributed by atoms with van der Waals surface area (Å²) in [4.78, 5) is 17.5. The normalized spacial score (nSPS) is 18.4. The number of piperidine rings is 1. The topological polar surface area (TPSA) is 32.8 Å². The van der Waals surface area contributed by atoms with E-state index in [-0.39, 0.29) is 18.1 Å². The summed E-state index contributed by atoms with van der Waals surface area (Å²) < 4.78 is 6.69. The van der Waals surface area contributed by atoms with Gasteiger partial charge in [-0.3, -0.25) is 4.79 Å². The van der Waals surface area contributed by atoms with Crippen molar-refractivity contribution >= 4 is 11.6 Å². The summed E-state index contributed by atoms with van der Waals surface area (Å²) in [5.41, 5.74) is 4.17. The molecule has 176 valence electrons. The smallest absolute Gasteiger partial charge is 0.237 e. The molecule has 0 atom stereocenters. The molecule has 3 aromatic rings. The van der Waals surface area contributed by atoms with Crippen molar-refractivity contribution < 1.29 is 9.53 Å². The first kappa shape index (κ1) is 22.8. The van der Waals surface area contributed by atoms with E-state index in [0.717, 1.165) is 50.3 Å². The van der Waals surface area contributed by atoms with Crippen molar-refractivity contribution in [3.8, 4) is 0 Å². The lowest BCUT2D eigenvalue weighted by molar-refractivity contribution is -0.122. The molecule has 0 N–H and O–H groups in total. The van der Waals surface area contributed by atoms with Crippen LogP contribution >= 0.6 is 0 Å². The maximum Gasteiger partial charge on any atom is 0.237 e. The van der Waals surface area contributed by atoms with Crippen LogP contribution in [0.1, 0.15) is 49.5 Å². The Kier molecular flexibility index (Phi) is 6.53. The highest BCUT2D eigenvalue weighted by atomic mass is 16.5. The molecule has 0 aliphatic carbocycles. The number of benzene rings is 3. The molecule has 1 fully saturated rings. The van der Waals surface area contributed by atoms with Crippen LogP contribution in [0.4, 0.5) is 5.69 Å². The second-order valence-electron chi connectivity index (χ2n) is 9.98. The summed E-state index contributed by atoms with van der Waals surface area (Å²) in [7, 11) is 0. The van der Waals surface area contributed by atoms with Crippen LogP contribution in [0.5, 0.6) is 0 Å². The summed E-state index contributed by atoms with van der Waals surface area (Å²) in [5.74, 6) is 0.209. The lowest BCUT2D eigenvalue weighted by Crippen LogP contribution is -2.44. The van der Waals surface area contributed by atoms with Gasteiger partial charge in [0.1, 0.15) is 6.10 Å². The predicted molar refractivity (Wildman–Crippen MR) is 137 cm³/mol. The largest absolute Gasteiger partial charge is 0.365 e. The molecule has 2 aliphatic rings. The van der Waals surface area contributed by atoms with Gasteiger partial charge in [0, 0.05) is 31.9 Å². The average molecular weight is 455 g/mol. The van der Waals surface area contributed by atoms with Gasteiger partial charge in [0.25, 0.3) is 0 Å². The van der Waals surface area contributed by atoms with Crippen molar-refractivity contribution in [2.75, 3.05) is 31.1 Å². The first-order valence-corrected chi connectivity index (χ1v) is 12.4. The minimum atomic E-state index is -0.443. The van der Waals surface area contributed by atoms with Gasteiger partial charge < -0.3 is 14.5 Å². The number of rotatable bonds is 7. The lowest BCUT2D eigenvalue weighted by Gasteiger charge is -2.35. The van der Waals surface area contributed by atoms with Crippen LogP contribution in [0, 0.1) is 0 Å². The fourth-order valence-corrected chi connectivity index (χ4v) is 5.33. The Morgan fingerprint density at radius 2 is 1.38 bits per heavy atom. The first-order valence-electron chi connectivity index (χ1n) is 12.4. The van der Waals surface area contributed by atoms with E-state index < -0.39 is 5.41 Å². The summed E-state index contributed by atoms with van der Waals surface area (Å²) in [6, 6.07) is 29.3. The maximum absolute atomic E-state index is 13.1. The summed E-state index contributed by atoms with van der Waals surface area (Å²) in [6.07, 6.45) is 2.20. The molecule has 0 aromatic heterocycles. The standard InChI is InChI=1S/C30H34N2O2/c1-30(2)26-15-9-10-16-27(26)32(29(30)33)22-21-31-19-17-25(18-20-31)34-28(23-11-5-3-6-12-23)24-13-7-4-8-14-24/h3-16,25,28H,17-22H2,1-2H3. The SMILES string of the molecule is CC1(C)C(=O)N(CCN2CCC(OC(c3ccccc3)c3ccccc3)CC2)c2ccccc21. The van der Waals surface area contributed by atoms with Gasteiger partial charge in [-0.1, -0.05) is 78.9 Å².